The number of nitrogens with zero attached hydrogens (tertiary/aromatic N) is 2. The highest BCUT2D eigenvalue weighted by molar-refractivity contribution is 7.13. The van der Waals surface area contributed by atoms with Gasteiger partial charge < -0.3 is 5.32 Å². The van der Waals surface area contributed by atoms with Gasteiger partial charge in [0, 0.05) is 5.38 Å². The molecule has 1 N–H and O–H groups in total. The van der Waals surface area contributed by atoms with Crippen LogP contribution >= 0.6 is 11.3 Å². The minimum Gasteiger partial charge on any atom is -0.301 e. The molecule has 1 aromatic rings. The lowest BCUT2D eigenvalue weighted by Gasteiger charge is -2.17. The van der Waals surface area contributed by atoms with E-state index in [0.29, 0.717) is 23.9 Å². The number of carbonyl (C=O) groups excluding carboxylic acids is 1. The molecule has 5 heteroatoms. The van der Waals surface area contributed by atoms with E-state index in [1.54, 1.807) is 0 Å². The molecule has 1 aliphatic carbocycles. The third-order valence-corrected chi connectivity index (χ3v) is 4.22. The molecule has 4 nitrogen and oxygen atoms in total. The summed E-state index contributed by atoms with van der Waals surface area (Å²) in [5, 5.41) is 14.6. The van der Waals surface area contributed by atoms with Crippen LogP contribution < -0.4 is 5.32 Å². The van der Waals surface area contributed by atoms with Gasteiger partial charge in [-0.2, -0.15) is 5.26 Å². The first kappa shape index (κ1) is 13.0. The fraction of sp³-hybridized carbons (Fsp3) is 0.615. The van der Waals surface area contributed by atoms with Crippen molar-refractivity contribution in [1.82, 2.24) is 4.98 Å². The number of carbonyl (C=O) groups is 1. The fourth-order valence-electron chi connectivity index (χ4n) is 2.19. The summed E-state index contributed by atoms with van der Waals surface area (Å²) in [5.41, 5.74) is 0.150. The van der Waals surface area contributed by atoms with Crippen LogP contribution in [0.1, 0.15) is 51.1 Å². The number of nitriles is 1. The highest BCUT2D eigenvalue weighted by Gasteiger charge is 2.41. The highest BCUT2D eigenvalue weighted by Crippen LogP contribution is 2.38. The molecule has 0 spiro atoms. The minimum absolute atomic E-state index is 0.188. The van der Waals surface area contributed by atoms with Gasteiger partial charge in [0.1, 0.15) is 5.41 Å². The predicted molar refractivity (Wildman–Crippen MR) is 71.3 cm³/mol. The van der Waals surface area contributed by atoms with Gasteiger partial charge in [-0.25, -0.2) is 4.98 Å². The summed E-state index contributed by atoms with van der Waals surface area (Å²) in [5.74, 6) is 0.162. The van der Waals surface area contributed by atoms with Crippen LogP contribution in [0.4, 0.5) is 5.13 Å². The maximum atomic E-state index is 12.2. The third kappa shape index (κ3) is 2.39. The molecule has 0 aliphatic heterocycles. The lowest BCUT2D eigenvalue weighted by atomic mass is 9.87. The first-order valence-electron chi connectivity index (χ1n) is 6.25. The maximum absolute atomic E-state index is 12.2. The first-order chi connectivity index (χ1) is 8.57. The molecular formula is C13H17N3OS. The second-order valence-corrected chi connectivity index (χ2v) is 5.95. The zero-order valence-corrected chi connectivity index (χ0v) is 11.5. The molecule has 0 saturated heterocycles. The predicted octanol–water partition coefficient (Wildman–Crippen LogP) is 3.29. The van der Waals surface area contributed by atoms with Crippen LogP contribution in [-0.2, 0) is 4.79 Å². The molecule has 96 valence electrons. The smallest absolute Gasteiger partial charge is 0.246 e. The van der Waals surface area contributed by atoms with Gasteiger partial charge in [-0.1, -0.05) is 26.7 Å². The van der Waals surface area contributed by atoms with E-state index in [9.17, 15) is 10.1 Å². The van der Waals surface area contributed by atoms with Crippen molar-refractivity contribution in [1.29, 1.82) is 5.26 Å². The Balaban J connectivity index is 2.09. The van der Waals surface area contributed by atoms with Gasteiger partial charge in [0.2, 0.25) is 5.91 Å². The Hall–Kier alpha value is -1.41. The summed E-state index contributed by atoms with van der Waals surface area (Å²) < 4.78 is 0. The number of thiazole rings is 1. The van der Waals surface area contributed by atoms with Gasteiger partial charge >= 0.3 is 0 Å². The van der Waals surface area contributed by atoms with Crippen molar-refractivity contribution in [2.24, 2.45) is 5.41 Å². The van der Waals surface area contributed by atoms with Crippen LogP contribution in [0.5, 0.6) is 0 Å². The molecule has 0 aromatic carbocycles. The summed E-state index contributed by atoms with van der Waals surface area (Å²) >= 11 is 1.42. The van der Waals surface area contributed by atoms with Crippen LogP contribution in [0, 0.1) is 16.7 Å². The van der Waals surface area contributed by atoms with E-state index in [0.717, 1.165) is 18.5 Å². The number of rotatable bonds is 3. The maximum Gasteiger partial charge on any atom is 0.246 e. The Kier molecular flexibility index (Phi) is 3.67. The van der Waals surface area contributed by atoms with E-state index >= 15 is 0 Å². The van der Waals surface area contributed by atoms with Crippen molar-refractivity contribution in [2.45, 2.75) is 45.4 Å². The lowest BCUT2D eigenvalue weighted by Crippen LogP contribution is -2.32. The molecule has 1 saturated carbocycles. The molecule has 0 atom stereocenters. The zero-order valence-electron chi connectivity index (χ0n) is 10.7. The summed E-state index contributed by atoms with van der Waals surface area (Å²) in [6, 6.07) is 2.19. The second-order valence-electron chi connectivity index (χ2n) is 5.09. The second kappa shape index (κ2) is 5.07. The molecule has 1 fully saturated rings. The summed E-state index contributed by atoms with van der Waals surface area (Å²) in [6.45, 7) is 4.13. The first-order valence-corrected chi connectivity index (χ1v) is 7.13. The zero-order chi connectivity index (χ0) is 13.2. The standard InChI is InChI=1S/C13H17N3OS/c1-9(2)10-7-18-12(15-10)16-11(17)13(8-14)5-3-4-6-13/h7,9H,3-6H2,1-2H3,(H,15,16,17). The average molecular weight is 263 g/mol. The van der Waals surface area contributed by atoms with Crippen LogP contribution in [-0.4, -0.2) is 10.9 Å². The van der Waals surface area contributed by atoms with Crippen LogP contribution in [0.2, 0.25) is 0 Å². The van der Waals surface area contributed by atoms with Crippen LogP contribution in [0.25, 0.3) is 0 Å². The monoisotopic (exact) mass is 263 g/mol. The summed E-state index contributed by atoms with van der Waals surface area (Å²) in [7, 11) is 0. The number of hydrogen-bond donors (Lipinski definition) is 1. The van der Waals surface area contributed by atoms with Gasteiger partial charge in [-0.15, -0.1) is 11.3 Å². The normalized spacial score (nSPS) is 17.7. The van der Waals surface area contributed by atoms with Gasteiger partial charge in [0.25, 0.3) is 0 Å². The average Bonchev–Trinajstić information content (AvgIpc) is 2.97. The Morgan fingerprint density at radius 2 is 2.22 bits per heavy atom. The quantitative estimate of drug-likeness (QED) is 0.910. The molecule has 0 unspecified atom stereocenters. The number of aromatic nitrogens is 1. The number of anilines is 1. The van der Waals surface area contributed by atoms with Gasteiger partial charge in [-0.05, 0) is 18.8 Å². The molecule has 1 aliphatic rings. The highest BCUT2D eigenvalue weighted by atomic mass is 32.1. The topological polar surface area (TPSA) is 65.8 Å². The fourth-order valence-corrected chi connectivity index (χ4v) is 3.06. The van der Waals surface area contributed by atoms with E-state index in [2.05, 4.69) is 30.2 Å². The Bertz CT molecular complexity index is 481. The Morgan fingerprint density at radius 3 is 2.72 bits per heavy atom. The molecule has 0 bridgehead atoms. The van der Waals surface area contributed by atoms with Crippen molar-refractivity contribution in [3.63, 3.8) is 0 Å². The summed E-state index contributed by atoms with van der Waals surface area (Å²) in [6.07, 6.45) is 3.24. The van der Waals surface area contributed by atoms with E-state index < -0.39 is 5.41 Å². The molecule has 1 aromatic heterocycles. The molecule has 2 rings (SSSR count). The van der Waals surface area contributed by atoms with Crippen molar-refractivity contribution >= 4 is 22.4 Å². The third-order valence-electron chi connectivity index (χ3n) is 3.44. The van der Waals surface area contributed by atoms with E-state index in [4.69, 9.17) is 0 Å². The molecule has 0 radical (unpaired) electrons. The minimum atomic E-state index is -0.830. The van der Waals surface area contributed by atoms with Crippen molar-refractivity contribution in [3.8, 4) is 6.07 Å². The largest absolute Gasteiger partial charge is 0.301 e. The van der Waals surface area contributed by atoms with Gasteiger partial charge in [0.05, 0.1) is 11.8 Å². The summed E-state index contributed by atoms with van der Waals surface area (Å²) in [4.78, 5) is 16.5. The molecular weight excluding hydrogens is 246 g/mol. The van der Waals surface area contributed by atoms with Crippen molar-refractivity contribution < 1.29 is 4.79 Å². The van der Waals surface area contributed by atoms with E-state index in [1.165, 1.54) is 11.3 Å². The van der Waals surface area contributed by atoms with E-state index in [-0.39, 0.29) is 5.91 Å². The molecule has 1 amide bonds. The van der Waals surface area contributed by atoms with Crippen molar-refractivity contribution in [3.05, 3.63) is 11.1 Å². The van der Waals surface area contributed by atoms with Gasteiger partial charge in [-0.3, -0.25) is 4.79 Å². The lowest BCUT2D eigenvalue weighted by molar-refractivity contribution is -0.122. The Labute approximate surface area is 111 Å². The number of hydrogen-bond acceptors (Lipinski definition) is 4. The van der Waals surface area contributed by atoms with Crippen LogP contribution in [0.3, 0.4) is 0 Å². The van der Waals surface area contributed by atoms with Crippen molar-refractivity contribution in [2.75, 3.05) is 5.32 Å². The number of amides is 1. The number of nitrogens with one attached hydrogen (secondary N) is 1. The van der Waals surface area contributed by atoms with Gasteiger partial charge in [0.15, 0.2) is 5.13 Å². The van der Waals surface area contributed by atoms with Crippen LogP contribution in [0.15, 0.2) is 5.38 Å². The molecule has 18 heavy (non-hydrogen) atoms. The Morgan fingerprint density at radius 1 is 1.56 bits per heavy atom. The SMILES string of the molecule is CC(C)c1csc(NC(=O)C2(C#N)CCCC2)n1. The van der Waals surface area contributed by atoms with E-state index in [1.807, 2.05) is 5.38 Å². The molecule has 1 heterocycles.